The fourth-order valence-corrected chi connectivity index (χ4v) is 3.85. The van der Waals surface area contributed by atoms with Crippen LogP contribution in [-0.4, -0.2) is 58.2 Å². The number of nitrogens with one attached hydrogen (secondary N) is 1. The number of imidazole rings is 1. The Morgan fingerprint density at radius 1 is 1.17 bits per heavy atom. The highest BCUT2D eigenvalue weighted by Gasteiger charge is 2.26. The van der Waals surface area contributed by atoms with Crippen molar-refractivity contribution in [2.75, 3.05) is 39.1 Å². The molecule has 30 heavy (non-hydrogen) atoms. The fraction of sp³-hybridized carbons (Fsp3) is 0.409. The molecule has 3 heterocycles. The molecule has 0 saturated carbocycles. The molecule has 0 fully saturated rings. The lowest BCUT2D eigenvalue weighted by Crippen LogP contribution is -2.34. The van der Waals surface area contributed by atoms with Crippen LogP contribution in [0.4, 0.5) is 10.3 Å². The number of nitrogens with zero attached hydrogens (tertiary/aromatic N) is 5. The van der Waals surface area contributed by atoms with Crippen LogP contribution in [0.25, 0.3) is 22.6 Å². The minimum atomic E-state index is -0.280. The van der Waals surface area contributed by atoms with Crippen molar-refractivity contribution in [3.63, 3.8) is 0 Å². The summed E-state index contributed by atoms with van der Waals surface area (Å²) in [6.45, 7) is 7.37. The van der Waals surface area contributed by atoms with Gasteiger partial charge >= 0.3 is 0 Å². The summed E-state index contributed by atoms with van der Waals surface area (Å²) in [6, 6.07) is 8.74. The molecule has 0 aliphatic carbocycles. The number of benzene rings is 1. The van der Waals surface area contributed by atoms with Crippen LogP contribution in [0, 0.1) is 11.2 Å². The predicted molar refractivity (Wildman–Crippen MR) is 115 cm³/mol. The van der Waals surface area contributed by atoms with Gasteiger partial charge in [-0.1, -0.05) is 13.8 Å². The number of aromatic nitrogens is 4. The molecule has 0 radical (unpaired) electrons. The van der Waals surface area contributed by atoms with Crippen molar-refractivity contribution in [1.82, 2.24) is 24.4 Å². The Morgan fingerprint density at radius 2 is 1.93 bits per heavy atom. The van der Waals surface area contributed by atoms with Crippen molar-refractivity contribution < 1.29 is 9.13 Å². The highest BCUT2D eigenvalue weighted by Crippen LogP contribution is 2.36. The average molecular weight is 410 g/mol. The summed E-state index contributed by atoms with van der Waals surface area (Å²) in [4.78, 5) is 16.0. The maximum absolute atomic E-state index is 13.4. The second kappa shape index (κ2) is 8.02. The van der Waals surface area contributed by atoms with E-state index >= 15 is 0 Å². The van der Waals surface area contributed by atoms with E-state index in [1.54, 1.807) is 18.3 Å². The maximum Gasteiger partial charge on any atom is 0.297 e. The second-order valence-electron chi connectivity index (χ2n) is 8.62. The largest absolute Gasteiger partial charge is 0.463 e. The fourth-order valence-electron chi connectivity index (χ4n) is 3.85. The molecule has 2 aromatic heterocycles. The predicted octanol–water partition coefficient (Wildman–Crippen LogP) is 3.54. The Kier molecular flexibility index (Phi) is 5.42. The van der Waals surface area contributed by atoms with E-state index in [9.17, 15) is 4.39 Å². The monoisotopic (exact) mass is 410 g/mol. The minimum Gasteiger partial charge on any atom is -0.463 e. The van der Waals surface area contributed by atoms with E-state index in [1.807, 2.05) is 10.6 Å². The molecule has 1 aliphatic heterocycles. The van der Waals surface area contributed by atoms with Gasteiger partial charge in [0.2, 0.25) is 5.95 Å². The molecule has 1 aliphatic rings. The standard InChI is InChI=1S/C22H27FN6O/c1-22(2,14-28(3)4)13-25-20-24-10-9-17(26-20)19-18(15-5-7-16(23)8-6-15)27-21-29(19)11-12-30-21/h5-10H,11-14H2,1-4H3,(H,24,25,26). The zero-order chi connectivity index (χ0) is 21.3. The van der Waals surface area contributed by atoms with Gasteiger partial charge in [-0.15, -0.1) is 0 Å². The highest BCUT2D eigenvalue weighted by molar-refractivity contribution is 5.78. The van der Waals surface area contributed by atoms with Crippen LogP contribution in [-0.2, 0) is 6.54 Å². The third-order valence-electron chi connectivity index (χ3n) is 4.96. The molecule has 8 heteroatoms. The number of fused-ring (bicyclic) bond motifs is 1. The molecule has 4 rings (SSSR count). The summed E-state index contributed by atoms with van der Waals surface area (Å²) >= 11 is 0. The number of hydrogen-bond donors (Lipinski definition) is 1. The summed E-state index contributed by atoms with van der Waals surface area (Å²) in [5.74, 6) is 0.288. The molecule has 0 unspecified atom stereocenters. The SMILES string of the molecule is CN(C)CC(C)(C)CNc1nccc(-c2c(-c3ccc(F)cc3)nc3n2CCO3)n1. The quantitative estimate of drug-likeness (QED) is 0.643. The Bertz CT molecular complexity index is 1030. The van der Waals surface area contributed by atoms with E-state index in [4.69, 9.17) is 9.72 Å². The van der Waals surface area contributed by atoms with Crippen molar-refractivity contribution in [2.45, 2.75) is 20.4 Å². The van der Waals surface area contributed by atoms with Crippen molar-refractivity contribution in [3.05, 3.63) is 42.3 Å². The van der Waals surface area contributed by atoms with Crippen LogP contribution >= 0.6 is 0 Å². The molecule has 1 N–H and O–H groups in total. The van der Waals surface area contributed by atoms with Crippen LogP contribution in [0.5, 0.6) is 6.01 Å². The Hall–Kier alpha value is -3.00. The molecule has 0 saturated heterocycles. The third-order valence-corrected chi connectivity index (χ3v) is 4.96. The lowest BCUT2D eigenvalue weighted by molar-refractivity contribution is 0.254. The lowest BCUT2D eigenvalue weighted by Gasteiger charge is -2.28. The zero-order valence-corrected chi connectivity index (χ0v) is 17.8. The normalized spacial score (nSPS) is 13.4. The third kappa shape index (κ3) is 4.28. The smallest absolute Gasteiger partial charge is 0.297 e. The van der Waals surface area contributed by atoms with Crippen molar-refractivity contribution in [2.24, 2.45) is 5.41 Å². The van der Waals surface area contributed by atoms with Crippen LogP contribution in [0.3, 0.4) is 0 Å². The summed E-state index contributed by atoms with van der Waals surface area (Å²) in [5.41, 5.74) is 3.21. The molecule has 0 bridgehead atoms. The van der Waals surface area contributed by atoms with E-state index in [0.717, 1.165) is 35.7 Å². The van der Waals surface area contributed by atoms with E-state index in [0.29, 0.717) is 25.1 Å². The number of halogens is 1. The number of rotatable bonds is 7. The first-order valence-corrected chi connectivity index (χ1v) is 10.0. The van der Waals surface area contributed by atoms with Gasteiger partial charge in [0.25, 0.3) is 6.01 Å². The van der Waals surface area contributed by atoms with Gasteiger partial charge in [-0.2, -0.15) is 4.98 Å². The van der Waals surface area contributed by atoms with Crippen molar-refractivity contribution >= 4 is 5.95 Å². The second-order valence-corrected chi connectivity index (χ2v) is 8.62. The zero-order valence-electron chi connectivity index (χ0n) is 17.8. The minimum absolute atomic E-state index is 0.0633. The van der Waals surface area contributed by atoms with Crippen LogP contribution < -0.4 is 10.1 Å². The molecule has 0 spiro atoms. The van der Waals surface area contributed by atoms with Gasteiger partial charge in [-0.05, 0) is 49.8 Å². The van der Waals surface area contributed by atoms with Gasteiger partial charge < -0.3 is 15.0 Å². The Labute approximate surface area is 175 Å². The molecule has 0 atom stereocenters. The summed E-state index contributed by atoms with van der Waals surface area (Å²) in [6.07, 6.45) is 1.74. The molecule has 3 aromatic rings. The maximum atomic E-state index is 13.4. The van der Waals surface area contributed by atoms with Gasteiger partial charge in [0.05, 0.1) is 17.9 Å². The summed E-state index contributed by atoms with van der Waals surface area (Å²) in [5, 5.41) is 3.37. The van der Waals surface area contributed by atoms with Gasteiger partial charge in [-0.25, -0.2) is 14.4 Å². The van der Waals surface area contributed by atoms with E-state index in [1.165, 1.54) is 12.1 Å². The lowest BCUT2D eigenvalue weighted by atomic mass is 9.93. The van der Waals surface area contributed by atoms with Gasteiger partial charge in [0.15, 0.2) is 0 Å². The van der Waals surface area contributed by atoms with E-state index in [2.05, 4.69) is 48.1 Å². The molecule has 7 nitrogen and oxygen atoms in total. The molecular weight excluding hydrogens is 383 g/mol. The van der Waals surface area contributed by atoms with Crippen LogP contribution in [0.15, 0.2) is 36.5 Å². The van der Waals surface area contributed by atoms with E-state index in [-0.39, 0.29) is 11.2 Å². The van der Waals surface area contributed by atoms with Crippen molar-refractivity contribution in [1.29, 1.82) is 0 Å². The van der Waals surface area contributed by atoms with Crippen molar-refractivity contribution in [3.8, 4) is 28.7 Å². The summed E-state index contributed by atoms with van der Waals surface area (Å²) < 4.78 is 21.1. The number of anilines is 1. The van der Waals surface area contributed by atoms with E-state index < -0.39 is 0 Å². The first-order valence-electron chi connectivity index (χ1n) is 10.0. The topological polar surface area (TPSA) is 68.1 Å². The van der Waals surface area contributed by atoms with Gasteiger partial charge in [0, 0.05) is 24.8 Å². The van der Waals surface area contributed by atoms with Gasteiger partial charge in [-0.3, -0.25) is 4.57 Å². The van der Waals surface area contributed by atoms with Gasteiger partial charge in [0.1, 0.15) is 18.1 Å². The molecule has 158 valence electrons. The molecule has 0 amide bonds. The van der Waals surface area contributed by atoms with Crippen LogP contribution in [0.2, 0.25) is 0 Å². The Morgan fingerprint density at radius 3 is 2.67 bits per heavy atom. The number of hydrogen-bond acceptors (Lipinski definition) is 6. The summed E-state index contributed by atoms with van der Waals surface area (Å²) in [7, 11) is 4.14. The first-order chi connectivity index (χ1) is 14.3. The van der Waals surface area contributed by atoms with Crippen LogP contribution in [0.1, 0.15) is 13.8 Å². The average Bonchev–Trinajstić information content (AvgIpc) is 3.27. The first kappa shape index (κ1) is 20.3. The highest BCUT2D eigenvalue weighted by atomic mass is 19.1. The molecular formula is C22H27FN6O. The Balaban J connectivity index is 1.66. The number of ether oxygens (including phenoxy) is 1. The molecule has 1 aromatic carbocycles.